The van der Waals surface area contributed by atoms with Crippen molar-refractivity contribution in [2.45, 2.75) is 0 Å². The van der Waals surface area contributed by atoms with E-state index < -0.39 is 0 Å². The van der Waals surface area contributed by atoms with E-state index in [4.69, 9.17) is 20.9 Å². The fourth-order valence-corrected chi connectivity index (χ4v) is 1.97. The summed E-state index contributed by atoms with van der Waals surface area (Å²) >= 11 is 0. The number of benzene rings is 3. The van der Waals surface area contributed by atoms with Gasteiger partial charge in [0, 0.05) is 11.8 Å². The maximum atomic E-state index is 5.88. The van der Waals surface area contributed by atoms with Crippen LogP contribution in [-0.2, 0) is 0 Å². The third kappa shape index (κ3) is 3.30. The molecule has 0 aromatic heterocycles. The number of rotatable bonds is 4. The monoisotopic (exact) mass is 292 g/mol. The number of ether oxygens (including phenoxy) is 2. The highest BCUT2D eigenvalue weighted by Crippen LogP contribution is 2.30. The Labute approximate surface area is 128 Å². The third-order valence-electron chi connectivity index (χ3n) is 3.07. The maximum Gasteiger partial charge on any atom is 0.150 e. The van der Waals surface area contributed by atoms with Crippen LogP contribution in [0.5, 0.6) is 23.0 Å². The zero-order valence-corrected chi connectivity index (χ0v) is 11.9. The molecule has 0 fully saturated rings. The smallest absolute Gasteiger partial charge is 0.150 e. The molecule has 0 radical (unpaired) electrons. The van der Waals surface area contributed by atoms with Gasteiger partial charge in [-0.2, -0.15) is 0 Å². The molecule has 4 heteroatoms. The minimum Gasteiger partial charge on any atom is -0.457 e. The summed E-state index contributed by atoms with van der Waals surface area (Å²) < 4.78 is 11.6. The van der Waals surface area contributed by atoms with Crippen LogP contribution in [-0.4, -0.2) is 0 Å². The van der Waals surface area contributed by atoms with E-state index >= 15 is 0 Å². The van der Waals surface area contributed by atoms with Crippen molar-refractivity contribution >= 4 is 11.4 Å². The first kappa shape index (κ1) is 13.8. The van der Waals surface area contributed by atoms with Gasteiger partial charge in [-0.1, -0.05) is 18.2 Å². The van der Waals surface area contributed by atoms with E-state index in [1.54, 1.807) is 18.2 Å². The number of nitrogens with two attached hydrogens (primary N) is 2. The second-order valence-corrected chi connectivity index (χ2v) is 4.79. The van der Waals surface area contributed by atoms with Crippen molar-refractivity contribution in [1.29, 1.82) is 0 Å². The molecule has 3 aromatic carbocycles. The standard InChI is InChI=1S/C18H16N2O2/c19-13-8-10-14(11-9-13)21-15-4-3-5-16(12-15)22-18-7-2-1-6-17(18)20/h1-12H,19-20H2. The second kappa shape index (κ2) is 6.10. The number of para-hydroxylation sites is 2. The van der Waals surface area contributed by atoms with Gasteiger partial charge in [-0.25, -0.2) is 0 Å². The van der Waals surface area contributed by atoms with Crippen LogP contribution in [0.3, 0.4) is 0 Å². The molecule has 3 rings (SSSR count). The number of nitrogen functional groups attached to an aromatic ring is 2. The van der Waals surface area contributed by atoms with Crippen LogP contribution in [0.2, 0.25) is 0 Å². The fraction of sp³-hybridized carbons (Fsp3) is 0. The molecular formula is C18H16N2O2. The average Bonchev–Trinajstić information content (AvgIpc) is 2.52. The van der Waals surface area contributed by atoms with Gasteiger partial charge in [0.15, 0.2) is 0 Å². The van der Waals surface area contributed by atoms with Crippen LogP contribution in [0.4, 0.5) is 11.4 Å². The lowest BCUT2D eigenvalue weighted by Crippen LogP contribution is -1.92. The van der Waals surface area contributed by atoms with Gasteiger partial charge in [-0.05, 0) is 48.5 Å². The molecule has 0 atom stereocenters. The van der Waals surface area contributed by atoms with Crippen molar-refractivity contribution in [2.75, 3.05) is 11.5 Å². The molecule has 0 unspecified atom stereocenters. The fourth-order valence-electron chi connectivity index (χ4n) is 1.97. The second-order valence-electron chi connectivity index (χ2n) is 4.79. The highest BCUT2D eigenvalue weighted by Gasteiger charge is 2.03. The molecule has 0 amide bonds. The quantitative estimate of drug-likeness (QED) is 0.698. The van der Waals surface area contributed by atoms with Crippen molar-refractivity contribution in [3.8, 4) is 23.0 Å². The summed E-state index contributed by atoms with van der Waals surface area (Å²) in [6.07, 6.45) is 0. The number of anilines is 2. The predicted octanol–water partition coefficient (Wildman–Crippen LogP) is 4.44. The molecule has 110 valence electrons. The van der Waals surface area contributed by atoms with Gasteiger partial charge < -0.3 is 20.9 Å². The average molecular weight is 292 g/mol. The van der Waals surface area contributed by atoms with Crippen LogP contribution in [0.15, 0.2) is 72.8 Å². The zero-order valence-electron chi connectivity index (χ0n) is 11.9. The van der Waals surface area contributed by atoms with Gasteiger partial charge in [0.05, 0.1) is 5.69 Å². The van der Waals surface area contributed by atoms with Gasteiger partial charge in [0.25, 0.3) is 0 Å². The molecule has 0 saturated heterocycles. The van der Waals surface area contributed by atoms with Crippen molar-refractivity contribution in [3.05, 3.63) is 72.8 Å². The SMILES string of the molecule is Nc1ccc(Oc2cccc(Oc3ccccc3N)c2)cc1. The Bertz CT molecular complexity index is 770. The molecule has 0 aliphatic carbocycles. The Balaban J connectivity index is 1.78. The molecule has 3 aromatic rings. The summed E-state index contributed by atoms with van der Waals surface area (Å²) in [6, 6.07) is 22.0. The molecule has 4 N–H and O–H groups in total. The Morgan fingerprint density at radius 2 is 1.27 bits per heavy atom. The molecule has 0 bridgehead atoms. The van der Waals surface area contributed by atoms with Gasteiger partial charge in [0.1, 0.15) is 23.0 Å². The van der Waals surface area contributed by atoms with E-state index in [1.807, 2.05) is 54.6 Å². The topological polar surface area (TPSA) is 70.5 Å². The lowest BCUT2D eigenvalue weighted by atomic mass is 10.3. The number of hydrogen-bond acceptors (Lipinski definition) is 4. The summed E-state index contributed by atoms with van der Waals surface area (Å²) in [4.78, 5) is 0. The Kier molecular flexibility index (Phi) is 3.83. The summed E-state index contributed by atoms with van der Waals surface area (Å²) in [5, 5.41) is 0. The third-order valence-corrected chi connectivity index (χ3v) is 3.07. The lowest BCUT2D eigenvalue weighted by Gasteiger charge is -2.10. The molecule has 0 aliphatic heterocycles. The van der Waals surface area contributed by atoms with Crippen molar-refractivity contribution in [3.63, 3.8) is 0 Å². The van der Waals surface area contributed by atoms with Gasteiger partial charge >= 0.3 is 0 Å². The van der Waals surface area contributed by atoms with E-state index in [2.05, 4.69) is 0 Å². The minimum atomic E-state index is 0.590. The zero-order chi connectivity index (χ0) is 15.4. The van der Waals surface area contributed by atoms with Crippen LogP contribution in [0.25, 0.3) is 0 Å². The van der Waals surface area contributed by atoms with Crippen LogP contribution < -0.4 is 20.9 Å². The van der Waals surface area contributed by atoms with Crippen molar-refractivity contribution in [2.24, 2.45) is 0 Å². The van der Waals surface area contributed by atoms with E-state index in [1.165, 1.54) is 0 Å². The first-order chi connectivity index (χ1) is 10.7. The van der Waals surface area contributed by atoms with Crippen molar-refractivity contribution in [1.82, 2.24) is 0 Å². The summed E-state index contributed by atoms with van der Waals surface area (Å²) in [5.41, 5.74) is 12.8. The Morgan fingerprint density at radius 1 is 0.591 bits per heavy atom. The summed E-state index contributed by atoms with van der Waals surface area (Å²) in [5.74, 6) is 2.67. The molecule has 4 nitrogen and oxygen atoms in total. The van der Waals surface area contributed by atoms with Gasteiger partial charge in [-0.15, -0.1) is 0 Å². The predicted molar refractivity (Wildman–Crippen MR) is 88.3 cm³/mol. The maximum absolute atomic E-state index is 5.88. The van der Waals surface area contributed by atoms with Crippen LogP contribution in [0, 0.1) is 0 Å². The van der Waals surface area contributed by atoms with Gasteiger partial charge in [0.2, 0.25) is 0 Å². The van der Waals surface area contributed by atoms with Crippen molar-refractivity contribution < 1.29 is 9.47 Å². The highest BCUT2D eigenvalue weighted by molar-refractivity contribution is 5.54. The minimum absolute atomic E-state index is 0.590. The molecule has 0 aliphatic rings. The molecule has 0 saturated carbocycles. The summed E-state index contributed by atoms with van der Waals surface area (Å²) in [6.45, 7) is 0. The molecule has 0 spiro atoms. The van der Waals surface area contributed by atoms with Crippen LogP contribution in [0.1, 0.15) is 0 Å². The largest absolute Gasteiger partial charge is 0.457 e. The van der Waals surface area contributed by atoms with E-state index in [0.29, 0.717) is 34.4 Å². The van der Waals surface area contributed by atoms with Gasteiger partial charge in [-0.3, -0.25) is 0 Å². The Hall–Kier alpha value is -3.14. The first-order valence-corrected chi connectivity index (χ1v) is 6.86. The van der Waals surface area contributed by atoms with E-state index in [0.717, 1.165) is 0 Å². The first-order valence-electron chi connectivity index (χ1n) is 6.86. The van der Waals surface area contributed by atoms with E-state index in [-0.39, 0.29) is 0 Å². The highest BCUT2D eigenvalue weighted by atomic mass is 16.5. The molecule has 22 heavy (non-hydrogen) atoms. The molecule has 0 heterocycles. The lowest BCUT2D eigenvalue weighted by molar-refractivity contribution is 0.461. The normalized spacial score (nSPS) is 10.2. The van der Waals surface area contributed by atoms with Crippen LogP contribution >= 0.6 is 0 Å². The number of hydrogen-bond donors (Lipinski definition) is 2. The van der Waals surface area contributed by atoms with E-state index in [9.17, 15) is 0 Å². The Morgan fingerprint density at radius 3 is 2.00 bits per heavy atom. The molecular weight excluding hydrogens is 276 g/mol. The summed E-state index contributed by atoms with van der Waals surface area (Å²) in [7, 11) is 0.